The molecule has 4 nitrogen and oxygen atoms in total. The Bertz CT molecular complexity index is 550. The number of ether oxygens (including phenoxy) is 1. The molecule has 4 heteroatoms. The molecule has 18 heavy (non-hydrogen) atoms. The van der Waals surface area contributed by atoms with E-state index in [9.17, 15) is 0 Å². The topological polar surface area (TPSA) is 61.3 Å². The van der Waals surface area contributed by atoms with Crippen LogP contribution in [0.1, 0.15) is 37.5 Å². The normalized spacial score (nSPS) is 24.3. The first kappa shape index (κ1) is 11.5. The van der Waals surface area contributed by atoms with Crippen molar-refractivity contribution in [1.29, 1.82) is 0 Å². The van der Waals surface area contributed by atoms with E-state index in [0.29, 0.717) is 0 Å². The molecule has 0 spiro atoms. The van der Waals surface area contributed by atoms with Crippen LogP contribution in [0.5, 0.6) is 5.75 Å². The lowest BCUT2D eigenvalue weighted by Crippen LogP contribution is -2.31. The molecule has 0 aliphatic heterocycles. The van der Waals surface area contributed by atoms with Gasteiger partial charge in [-0.2, -0.15) is 0 Å². The minimum Gasteiger partial charge on any atom is -0.497 e. The van der Waals surface area contributed by atoms with Crippen molar-refractivity contribution in [2.45, 2.75) is 37.6 Å². The van der Waals surface area contributed by atoms with Gasteiger partial charge in [-0.25, -0.2) is 4.98 Å². The third-order valence-electron chi connectivity index (χ3n) is 3.75. The minimum absolute atomic E-state index is 0.175. The van der Waals surface area contributed by atoms with Crippen LogP contribution in [0.2, 0.25) is 0 Å². The number of methoxy groups -OCH3 is 1. The maximum Gasteiger partial charge on any atom is 0.200 e. The predicted molar refractivity (Wildman–Crippen MR) is 69.7 cm³/mol. The number of rotatable bonds is 2. The van der Waals surface area contributed by atoms with Crippen LogP contribution >= 0.6 is 0 Å². The van der Waals surface area contributed by atoms with E-state index in [1.165, 1.54) is 12.8 Å². The van der Waals surface area contributed by atoms with Crippen LogP contribution in [0.25, 0.3) is 11.1 Å². The third kappa shape index (κ3) is 1.97. The van der Waals surface area contributed by atoms with E-state index in [0.717, 1.165) is 35.6 Å². The summed E-state index contributed by atoms with van der Waals surface area (Å²) in [7, 11) is 1.65. The molecule has 0 amide bonds. The van der Waals surface area contributed by atoms with Gasteiger partial charge >= 0.3 is 0 Å². The average Bonchev–Trinajstić information content (AvgIpc) is 2.81. The fourth-order valence-corrected chi connectivity index (χ4v) is 2.67. The number of benzene rings is 1. The number of nitrogens with two attached hydrogens (primary N) is 1. The second kappa shape index (κ2) is 4.61. The van der Waals surface area contributed by atoms with Gasteiger partial charge in [0.15, 0.2) is 11.5 Å². The number of hydrogen-bond acceptors (Lipinski definition) is 4. The van der Waals surface area contributed by atoms with E-state index >= 15 is 0 Å². The first-order valence-electron chi connectivity index (χ1n) is 6.48. The highest BCUT2D eigenvalue weighted by molar-refractivity contribution is 5.74. The van der Waals surface area contributed by atoms with Gasteiger partial charge in [0.25, 0.3) is 0 Å². The van der Waals surface area contributed by atoms with Gasteiger partial charge in [-0.3, -0.25) is 0 Å². The van der Waals surface area contributed by atoms with E-state index in [1.54, 1.807) is 7.11 Å². The molecule has 0 bridgehead atoms. The summed E-state index contributed by atoms with van der Waals surface area (Å²) in [6.07, 6.45) is 4.56. The fourth-order valence-electron chi connectivity index (χ4n) is 2.67. The van der Waals surface area contributed by atoms with E-state index < -0.39 is 0 Å². The predicted octanol–water partition coefficient (Wildman–Crippen LogP) is 2.82. The first-order chi connectivity index (χ1) is 8.78. The van der Waals surface area contributed by atoms with Crippen LogP contribution in [0.4, 0.5) is 0 Å². The van der Waals surface area contributed by atoms with Crippen LogP contribution in [0.15, 0.2) is 22.6 Å². The lowest BCUT2D eigenvalue weighted by Gasteiger charge is -2.25. The molecule has 2 N–H and O–H groups in total. The zero-order valence-electron chi connectivity index (χ0n) is 10.6. The SMILES string of the molecule is COc1ccc2nc(C3CCCCC3N)oc2c1. The molecule has 1 aromatic heterocycles. The summed E-state index contributed by atoms with van der Waals surface area (Å²) in [5.41, 5.74) is 7.82. The maximum atomic E-state index is 6.16. The summed E-state index contributed by atoms with van der Waals surface area (Å²) in [6, 6.07) is 5.87. The van der Waals surface area contributed by atoms with E-state index in [4.69, 9.17) is 14.9 Å². The average molecular weight is 246 g/mol. The molecule has 1 aromatic carbocycles. The largest absolute Gasteiger partial charge is 0.497 e. The van der Waals surface area contributed by atoms with Crippen molar-refractivity contribution < 1.29 is 9.15 Å². The van der Waals surface area contributed by atoms with E-state index in [-0.39, 0.29) is 12.0 Å². The van der Waals surface area contributed by atoms with Crippen LogP contribution in [0.3, 0.4) is 0 Å². The fraction of sp³-hybridized carbons (Fsp3) is 0.500. The van der Waals surface area contributed by atoms with Gasteiger partial charge in [0.1, 0.15) is 11.3 Å². The van der Waals surface area contributed by atoms with E-state index in [1.807, 2.05) is 18.2 Å². The lowest BCUT2D eigenvalue weighted by molar-refractivity contribution is 0.332. The molecule has 3 rings (SSSR count). The van der Waals surface area contributed by atoms with Gasteiger partial charge in [-0.1, -0.05) is 12.8 Å². The summed E-state index contributed by atoms with van der Waals surface area (Å²) in [5.74, 6) is 1.83. The molecule has 1 aliphatic carbocycles. The van der Waals surface area contributed by atoms with Crippen molar-refractivity contribution in [2.24, 2.45) is 5.73 Å². The second-order valence-corrected chi connectivity index (χ2v) is 4.94. The van der Waals surface area contributed by atoms with Crippen molar-refractivity contribution in [2.75, 3.05) is 7.11 Å². The highest BCUT2D eigenvalue weighted by Crippen LogP contribution is 2.33. The van der Waals surface area contributed by atoms with Gasteiger partial charge in [0, 0.05) is 12.1 Å². The van der Waals surface area contributed by atoms with Gasteiger partial charge in [-0.05, 0) is 25.0 Å². The van der Waals surface area contributed by atoms with Crippen molar-refractivity contribution in [1.82, 2.24) is 4.98 Å². The Morgan fingerprint density at radius 3 is 2.94 bits per heavy atom. The quantitative estimate of drug-likeness (QED) is 0.885. The van der Waals surface area contributed by atoms with Gasteiger partial charge in [0.05, 0.1) is 13.0 Å². The molecule has 2 unspecified atom stereocenters. The van der Waals surface area contributed by atoms with Crippen LogP contribution < -0.4 is 10.5 Å². The summed E-state index contributed by atoms with van der Waals surface area (Å²) in [6.45, 7) is 0. The Hall–Kier alpha value is -1.55. The minimum atomic E-state index is 0.175. The monoisotopic (exact) mass is 246 g/mol. The van der Waals surface area contributed by atoms with Crippen molar-refractivity contribution >= 4 is 11.1 Å². The molecule has 1 aliphatic rings. The summed E-state index contributed by atoms with van der Waals surface area (Å²) < 4.78 is 11.0. The van der Waals surface area contributed by atoms with Crippen molar-refractivity contribution in [3.63, 3.8) is 0 Å². The Morgan fingerprint density at radius 1 is 1.33 bits per heavy atom. The first-order valence-corrected chi connectivity index (χ1v) is 6.48. The number of aromatic nitrogens is 1. The number of hydrogen-bond donors (Lipinski definition) is 1. The Labute approximate surface area is 106 Å². The zero-order valence-corrected chi connectivity index (χ0v) is 10.6. The molecule has 1 saturated carbocycles. The molecule has 1 fully saturated rings. The Morgan fingerprint density at radius 2 is 2.17 bits per heavy atom. The maximum absolute atomic E-state index is 6.16. The van der Waals surface area contributed by atoms with Crippen LogP contribution in [0, 0.1) is 0 Å². The molecule has 96 valence electrons. The molecule has 2 atom stereocenters. The summed E-state index contributed by atoms with van der Waals surface area (Å²) in [5, 5.41) is 0. The van der Waals surface area contributed by atoms with Gasteiger partial charge < -0.3 is 14.9 Å². The molecular weight excluding hydrogens is 228 g/mol. The number of nitrogens with zero attached hydrogens (tertiary/aromatic N) is 1. The molecule has 2 aromatic rings. The van der Waals surface area contributed by atoms with Crippen LogP contribution in [-0.4, -0.2) is 18.1 Å². The summed E-state index contributed by atoms with van der Waals surface area (Å²) in [4.78, 5) is 4.56. The van der Waals surface area contributed by atoms with Gasteiger partial charge in [0.2, 0.25) is 0 Å². The van der Waals surface area contributed by atoms with Crippen molar-refractivity contribution in [3.05, 3.63) is 24.1 Å². The highest BCUT2D eigenvalue weighted by Gasteiger charge is 2.27. The Balaban J connectivity index is 1.97. The molecule has 0 radical (unpaired) electrons. The van der Waals surface area contributed by atoms with Gasteiger partial charge in [-0.15, -0.1) is 0 Å². The highest BCUT2D eigenvalue weighted by atomic mass is 16.5. The molecular formula is C14H18N2O2. The standard InChI is InChI=1S/C14H18N2O2/c1-17-9-6-7-12-13(8-9)18-14(16-12)10-4-2-3-5-11(10)15/h6-8,10-11H,2-5,15H2,1H3. The van der Waals surface area contributed by atoms with Crippen LogP contribution in [-0.2, 0) is 0 Å². The third-order valence-corrected chi connectivity index (χ3v) is 3.75. The molecule has 0 saturated heterocycles. The second-order valence-electron chi connectivity index (χ2n) is 4.94. The number of oxazole rings is 1. The Kier molecular flexibility index (Phi) is 2.96. The zero-order chi connectivity index (χ0) is 12.5. The molecule has 1 heterocycles. The smallest absolute Gasteiger partial charge is 0.200 e. The summed E-state index contributed by atoms with van der Waals surface area (Å²) >= 11 is 0. The van der Waals surface area contributed by atoms with E-state index in [2.05, 4.69) is 4.98 Å². The number of fused-ring (bicyclic) bond motifs is 1. The lowest BCUT2D eigenvalue weighted by atomic mass is 9.85. The van der Waals surface area contributed by atoms with Crippen molar-refractivity contribution in [3.8, 4) is 5.75 Å².